The normalized spacial score (nSPS) is 21.6. The van der Waals surface area contributed by atoms with Crippen molar-refractivity contribution in [1.29, 1.82) is 0 Å². The number of carbonyl (C=O) groups excluding carboxylic acids is 1. The summed E-state index contributed by atoms with van der Waals surface area (Å²) in [6, 6.07) is 0. The van der Waals surface area contributed by atoms with Crippen LogP contribution in [0, 0.1) is 0 Å². The van der Waals surface area contributed by atoms with Crippen molar-refractivity contribution in [3.8, 4) is 0 Å². The molecule has 1 heterocycles. The third-order valence-electron chi connectivity index (χ3n) is 8.93. The molecule has 314 valence electrons. The Morgan fingerprint density at radius 1 is 0.722 bits per heavy atom. The SMILES string of the molecule is CC/C=C\C/C=C\C/C=C\CCCCCCOCC(COC1OC(CO)C(O)C(OS(=O)(=O)O)C1O)OC(=O)CCCCCCC/C=C\CCCCCC. The summed E-state index contributed by atoms with van der Waals surface area (Å²) >= 11 is 0. The minimum Gasteiger partial charge on any atom is -0.457 e. The fourth-order valence-corrected chi connectivity index (χ4v) is 6.36. The van der Waals surface area contributed by atoms with E-state index in [4.69, 9.17) is 23.5 Å². The van der Waals surface area contributed by atoms with Crippen molar-refractivity contribution in [2.45, 2.75) is 179 Å². The molecule has 1 aliphatic heterocycles. The summed E-state index contributed by atoms with van der Waals surface area (Å²) in [4.78, 5) is 12.8. The average molecular weight is 789 g/mol. The zero-order chi connectivity index (χ0) is 39.7. The van der Waals surface area contributed by atoms with Gasteiger partial charge in [-0.15, -0.1) is 0 Å². The van der Waals surface area contributed by atoms with E-state index in [9.17, 15) is 28.5 Å². The van der Waals surface area contributed by atoms with Gasteiger partial charge in [0.25, 0.3) is 0 Å². The Bertz CT molecular complexity index is 1140. The van der Waals surface area contributed by atoms with Crippen LogP contribution in [0.2, 0.25) is 0 Å². The average Bonchev–Trinajstić information content (AvgIpc) is 3.14. The van der Waals surface area contributed by atoms with Gasteiger partial charge >= 0.3 is 16.4 Å². The number of unbranched alkanes of at least 4 members (excludes halogenated alkanes) is 13. The first kappa shape index (κ1) is 50.1. The highest BCUT2D eigenvalue weighted by Gasteiger charge is 2.48. The van der Waals surface area contributed by atoms with Crippen molar-refractivity contribution in [3.63, 3.8) is 0 Å². The number of aliphatic hydroxyl groups is 3. The second-order valence-corrected chi connectivity index (χ2v) is 14.9. The Balaban J connectivity index is 2.51. The smallest absolute Gasteiger partial charge is 0.397 e. The lowest BCUT2D eigenvalue weighted by atomic mass is 9.99. The summed E-state index contributed by atoms with van der Waals surface area (Å²) in [6.07, 6.45) is 28.7. The molecule has 4 N–H and O–H groups in total. The molecule has 0 amide bonds. The fourth-order valence-electron chi connectivity index (χ4n) is 5.86. The van der Waals surface area contributed by atoms with Crippen LogP contribution >= 0.6 is 0 Å². The van der Waals surface area contributed by atoms with E-state index in [1.807, 2.05) is 0 Å². The highest BCUT2D eigenvalue weighted by molar-refractivity contribution is 7.80. The van der Waals surface area contributed by atoms with Crippen LogP contribution < -0.4 is 0 Å². The third-order valence-corrected chi connectivity index (χ3v) is 9.40. The minimum atomic E-state index is -5.06. The van der Waals surface area contributed by atoms with E-state index in [2.05, 4.69) is 66.6 Å². The Labute approximate surface area is 326 Å². The lowest BCUT2D eigenvalue weighted by Crippen LogP contribution is -2.60. The van der Waals surface area contributed by atoms with Gasteiger partial charge in [0.15, 0.2) is 6.29 Å². The number of ether oxygens (including phenoxy) is 4. The first-order valence-electron chi connectivity index (χ1n) is 20.4. The lowest BCUT2D eigenvalue weighted by molar-refractivity contribution is -0.301. The molecule has 54 heavy (non-hydrogen) atoms. The maximum absolute atomic E-state index is 12.8. The molecule has 1 rings (SSSR count). The zero-order valence-corrected chi connectivity index (χ0v) is 33.8. The van der Waals surface area contributed by atoms with E-state index in [0.29, 0.717) is 13.0 Å². The molecule has 0 aliphatic carbocycles. The molecular formula is C41H72O12S. The lowest BCUT2D eigenvalue weighted by Gasteiger charge is -2.41. The van der Waals surface area contributed by atoms with Crippen LogP contribution in [0.5, 0.6) is 0 Å². The quantitative estimate of drug-likeness (QED) is 0.0217. The van der Waals surface area contributed by atoms with Gasteiger partial charge in [0.05, 0.1) is 19.8 Å². The molecule has 6 unspecified atom stereocenters. The third kappa shape index (κ3) is 26.8. The molecule has 6 atom stereocenters. The van der Waals surface area contributed by atoms with Gasteiger partial charge in [0, 0.05) is 13.0 Å². The Morgan fingerprint density at radius 2 is 1.28 bits per heavy atom. The molecule has 0 aromatic carbocycles. The Hall–Kier alpha value is -1.94. The van der Waals surface area contributed by atoms with E-state index < -0.39 is 59.8 Å². The van der Waals surface area contributed by atoms with Gasteiger partial charge in [0.1, 0.15) is 30.5 Å². The first-order chi connectivity index (χ1) is 26.1. The van der Waals surface area contributed by atoms with Gasteiger partial charge in [-0.25, -0.2) is 4.18 Å². The van der Waals surface area contributed by atoms with Crippen LogP contribution in [0.1, 0.15) is 142 Å². The number of allylic oxidation sites excluding steroid dienone is 8. The van der Waals surface area contributed by atoms with E-state index in [1.165, 1.54) is 25.7 Å². The van der Waals surface area contributed by atoms with Crippen LogP contribution in [0.4, 0.5) is 0 Å². The Morgan fingerprint density at radius 3 is 1.89 bits per heavy atom. The number of hydrogen-bond donors (Lipinski definition) is 4. The van der Waals surface area contributed by atoms with E-state index >= 15 is 0 Å². The molecule has 1 aliphatic rings. The number of hydrogen-bond acceptors (Lipinski definition) is 11. The van der Waals surface area contributed by atoms with Crippen molar-refractivity contribution in [2.24, 2.45) is 0 Å². The van der Waals surface area contributed by atoms with Gasteiger partial charge < -0.3 is 34.3 Å². The number of rotatable bonds is 34. The largest absolute Gasteiger partial charge is 0.457 e. The molecule has 1 fully saturated rings. The highest BCUT2D eigenvalue weighted by Crippen LogP contribution is 2.26. The van der Waals surface area contributed by atoms with Crippen LogP contribution in [-0.2, 0) is 38.3 Å². The number of aliphatic hydroxyl groups excluding tert-OH is 3. The summed E-state index contributed by atoms with van der Waals surface area (Å²) in [5.41, 5.74) is 0. The molecule has 0 radical (unpaired) electrons. The van der Waals surface area contributed by atoms with Crippen molar-refractivity contribution in [3.05, 3.63) is 48.6 Å². The Kier molecular flexibility index (Phi) is 30.8. The summed E-state index contributed by atoms with van der Waals surface area (Å²) in [6.45, 7) is 3.77. The second-order valence-electron chi connectivity index (χ2n) is 13.8. The van der Waals surface area contributed by atoms with Crippen LogP contribution in [-0.4, -0.2) is 97.5 Å². The molecule has 12 nitrogen and oxygen atoms in total. The van der Waals surface area contributed by atoms with Crippen LogP contribution in [0.3, 0.4) is 0 Å². The fraction of sp³-hybridized carbons (Fsp3) is 0.780. The van der Waals surface area contributed by atoms with Gasteiger partial charge in [-0.2, -0.15) is 8.42 Å². The van der Waals surface area contributed by atoms with Crippen LogP contribution in [0.15, 0.2) is 48.6 Å². The number of esters is 1. The van der Waals surface area contributed by atoms with Crippen molar-refractivity contribution in [2.75, 3.05) is 26.4 Å². The monoisotopic (exact) mass is 788 g/mol. The molecule has 0 aromatic rings. The maximum Gasteiger partial charge on any atom is 0.397 e. The highest BCUT2D eigenvalue weighted by atomic mass is 32.3. The molecule has 0 bridgehead atoms. The van der Waals surface area contributed by atoms with Gasteiger partial charge in [-0.3, -0.25) is 9.35 Å². The molecule has 0 aromatic heterocycles. The van der Waals surface area contributed by atoms with Gasteiger partial charge in [-0.1, -0.05) is 114 Å². The van der Waals surface area contributed by atoms with Gasteiger partial charge in [-0.05, 0) is 70.6 Å². The summed E-state index contributed by atoms with van der Waals surface area (Å²) in [5.74, 6) is -0.420. The molecular weight excluding hydrogens is 717 g/mol. The van der Waals surface area contributed by atoms with E-state index in [0.717, 1.165) is 89.9 Å². The molecule has 1 saturated heterocycles. The predicted molar refractivity (Wildman–Crippen MR) is 211 cm³/mol. The van der Waals surface area contributed by atoms with Crippen molar-refractivity contribution in [1.82, 2.24) is 0 Å². The summed E-state index contributed by atoms with van der Waals surface area (Å²) in [5, 5.41) is 30.6. The molecule has 0 saturated carbocycles. The second kappa shape index (κ2) is 33.2. The van der Waals surface area contributed by atoms with Crippen LogP contribution in [0.25, 0.3) is 0 Å². The first-order valence-corrected chi connectivity index (χ1v) is 21.8. The topological polar surface area (TPSA) is 178 Å². The predicted octanol–water partition coefficient (Wildman–Crippen LogP) is 7.63. The maximum atomic E-state index is 12.8. The molecule has 13 heteroatoms. The minimum absolute atomic E-state index is 0.0160. The van der Waals surface area contributed by atoms with E-state index in [-0.39, 0.29) is 19.6 Å². The summed E-state index contributed by atoms with van der Waals surface area (Å²) < 4.78 is 58.8. The summed E-state index contributed by atoms with van der Waals surface area (Å²) in [7, 11) is -5.06. The molecule has 0 spiro atoms. The van der Waals surface area contributed by atoms with Crippen molar-refractivity contribution < 1.29 is 56.2 Å². The standard InChI is InChI=1S/C41H72O12S/c1-3-5-7-9-11-13-15-17-19-21-23-25-27-29-31-49-33-35(34-50-41-39(45)40(53-54(46,47)48)38(44)36(32-42)52-41)51-37(43)30-28-26-24-22-20-18-16-14-12-10-8-6-4-2/h5,7,11,13-14,16-17,19,35-36,38-42,44-45H,3-4,6,8-10,12,15,18,20-34H2,1-2H3,(H,46,47,48)/b7-5-,13-11-,16-14-,19-17-. The zero-order valence-electron chi connectivity index (χ0n) is 33.0. The van der Waals surface area contributed by atoms with Crippen molar-refractivity contribution >= 4 is 16.4 Å². The van der Waals surface area contributed by atoms with Gasteiger partial charge in [0.2, 0.25) is 0 Å². The van der Waals surface area contributed by atoms with E-state index in [1.54, 1.807) is 0 Å². The number of carbonyl (C=O) groups is 1.